The van der Waals surface area contributed by atoms with E-state index in [1.54, 1.807) is 12.1 Å². The van der Waals surface area contributed by atoms with Gasteiger partial charge in [-0.1, -0.05) is 0 Å². The third-order valence-electron chi connectivity index (χ3n) is 1.04. The molecule has 0 bridgehead atoms. The third-order valence-corrected chi connectivity index (χ3v) is 1.04. The highest BCUT2D eigenvalue weighted by Crippen LogP contribution is 2.11. The second kappa shape index (κ2) is 2.83. The first-order valence-electron chi connectivity index (χ1n) is 2.69. The topological polar surface area (TPSA) is 45.9 Å². The van der Waals surface area contributed by atoms with Crippen molar-refractivity contribution < 1.29 is 4.74 Å². The minimum Gasteiger partial charge on any atom is -0.494 e. The summed E-state index contributed by atoms with van der Waals surface area (Å²) in [5.74, 6) is 0.487. The smallest absolute Gasteiger partial charge is 0.183 e. The quantitative estimate of drug-likeness (QED) is 0.568. The van der Waals surface area contributed by atoms with Crippen molar-refractivity contribution in [2.45, 2.75) is 0 Å². The third kappa shape index (κ3) is 1.06. The fraction of sp³-hybridized carbons (Fsp3) is 0.143. The molecular formula is C7H5N2O. The second-order valence-corrected chi connectivity index (χ2v) is 1.60. The molecule has 0 aromatic carbocycles. The molecule has 0 atom stereocenters. The van der Waals surface area contributed by atoms with Gasteiger partial charge in [-0.3, -0.25) is 0 Å². The van der Waals surface area contributed by atoms with Crippen molar-refractivity contribution >= 4 is 0 Å². The van der Waals surface area contributed by atoms with Crippen molar-refractivity contribution in [3.63, 3.8) is 0 Å². The lowest BCUT2D eigenvalue weighted by molar-refractivity contribution is 0.411. The molecule has 0 fully saturated rings. The molecule has 0 N–H and O–H groups in total. The lowest BCUT2D eigenvalue weighted by atomic mass is 10.3. The SMILES string of the molecule is COc1cc[c]nc1C#N. The highest BCUT2D eigenvalue weighted by atomic mass is 16.5. The molecule has 0 unspecified atom stereocenters. The molecule has 0 aliphatic carbocycles. The van der Waals surface area contributed by atoms with Crippen LogP contribution in [0, 0.1) is 17.5 Å². The van der Waals surface area contributed by atoms with Crippen LogP contribution >= 0.6 is 0 Å². The Morgan fingerprint density at radius 1 is 1.80 bits per heavy atom. The zero-order valence-corrected chi connectivity index (χ0v) is 5.46. The molecule has 0 spiro atoms. The van der Waals surface area contributed by atoms with E-state index in [9.17, 15) is 0 Å². The van der Waals surface area contributed by atoms with Gasteiger partial charge in [0.15, 0.2) is 11.4 Å². The van der Waals surface area contributed by atoms with Crippen molar-refractivity contribution in [3.8, 4) is 11.8 Å². The van der Waals surface area contributed by atoms with Crippen LogP contribution in [0.25, 0.3) is 0 Å². The van der Waals surface area contributed by atoms with Gasteiger partial charge in [-0.2, -0.15) is 5.26 Å². The summed E-state index contributed by atoms with van der Waals surface area (Å²) in [4.78, 5) is 3.66. The monoisotopic (exact) mass is 133 g/mol. The molecule has 1 radical (unpaired) electrons. The van der Waals surface area contributed by atoms with Gasteiger partial charge < -0.3 is 4.74 Å². The van der Waals surface area contributed by atoms with E-state index >= 15 is 0 Å². The number of aromatic nitrogens is 1. The van der Waals surface area contributed by atoms with Crippen LogP contribution in [-0.4, -0.2) is 12.1 Å². The van der Waals surface area contributed by atoms with Crippen LogP contribution in [0.3, 0.4) is 0 Å². The van der Waals surface area contributed by atoms with E-state index < -0.39 is 0 Å². The molecule has 0 amide bonds. The van der Waals surface area contributed by atoms with Crippen LogP contribution < -0.4 is 4.74 Å². The van der Waals surface area contributed by atoms with E-state index in [-0.39, 0.29) is 5.69 Å². The summed E-state index contributed by atoms with van der Waals surface area (Å²) in [7, 11) is 1.50. The Morgan fingerprint density at radius 3 is 3.10 bits per heavy atom. The lowest BCUT2D eigenvalue weighted by Crippen LogP contribution is -1.89. The summed E-state index contributed by atoms with van der Waals surface area (Å²) >= 11 is 0. The summed E-state index contributed by atoms with van der Waals surface area (Å²) in [5.41, 5.74) is 0.269. The first-order chi connectivity index (χ1) is 4.88. The van der Waals surface area contributed by atoms with Crippen molar-refractivity contribution in [1.29, 1.82) is 5.26 Å². The highest BCUT2D eigenvalue weighted by molar-refractivity contribution is 5.35. The Bertz CT molecular complexity index is 265. The van der Waals surface area contributed by atoms with Crippen LogP contribution in [0.15, 0.2) is 12.1 Å². The Labute approximate surface area is 58.9 Å². The Balaban J connectivity index is 3.12. The zero-order valence-electron chi connectivity index (χ0n) is 5.46. The zero-order chi connectivity index (χ0) is 7.40. The number of hydrogen-bond donors (Lipinski definition) is 0. The van der Waals surface area contributed by atoms with E-state index in [2.05, 4.69) is 11.2 Å². The number of methoxy groups -OCH3 is 1. The minimum absolute atomic E-state index is 0.269. The maximum atomic E-state index is 8.44. The maximum Gasteiger partial charge on any atom is 0.183 e. The van der Waals surface area contributed by atoms with Crippen LogP contribution in [0.5, 0.6) is 5.75 Å². The molecule has 0 saturated carbocycles. The van der Waals surface area contributed by atoms with Gasteiger partial charge in [-0.15, -0.1) is 0 Å². The summed E-state index contributed by atoms with van der Waals surface area (Å²) in [6.45, 7) is 0. The van der Waals surface area contributed by atoms with Gasteiger partial charge in [0, 0.05) is 0 Å². The largest absolute Gasteiger partial charge is 0.494 e. The van der Waals surface area contributed by atoms with E-state index in [0.29, 0.717) is 5.75 Å². The van der Waals surface area contributed by atoms with Crippen molar-refractivity contribution in [2.24, 2.45) is 0 Å². The molecule has 3 heteroatoms. The molecular weight excluding hydrogens is 128 g/mol. The Kier molecular flexibility index (Phi) is 1.86. The fourth-order valence-corrected chi connectivity index (χ4v) is 0.594. The van der Waals surface area contributed by atoms with Gasteiger partial charge in [-0.25, -0.2) is 4.98 Å². The van der Waals surface area contributed by atoms with Gasteiger partial charge in [-0.05, 0) is 12.1 Å². The molecule has 1 heterocycles. The molecule has 0 aliphatic rings. The number of ether oxygens (including phenoxy) is 1. The normalized spacial score (nSPS) is 8.40. The minimum atomic E-state index is 0.269. The summed E-state index contributed by atoms with van der Waals surface area (Å²) in [6.07, 6.45) is 2.53. The number of nitriles is 1. The molecule has 1 aromatic heterocycles. The van der Waals surface area contributed by atoms with E-state index in [1.165, 1.54) is 7.11 Å². The molecule has 49 valence electrons. The number of hydrogen-bond acceptors (Lipinski definition) is 3. The number of nitrogens with zero attached hydrogens (tertiary/aromatic N) is 2. The van der Waals surface area contributed by atoms with Crippen LogP contribution in [0.4, 0.5) is 0 Å². The summed E-state index contributed by atoms with van der Waals surface area (Å²) in [6, 6.07) is 5.12. The fourth-order valence-electron chi connectivity index (χ4n) is 0.594. The predicted molar refractivity (Wildman–Crippen MR) is 34.3 cm³/mol. The highest BCUT2D eigenvalue weighted by Gasteiger charge is 1.98. The van der Waals surface area contributed by atoms with E-state index in [0.717, 1.165) is 0 Å². The lowest BCUT2D eigenvalue weighted by Gasteiger charge is -1.97. The average molecular weight is 133 g/mol. The molecule has 1 rings (SSSR count). The summed E-state index contributed by atoms with van der Waals surface area (Å²) in [5, 5.41) is 8.44. The average Bonchev–Trinajstić information content (AvgIpc) is 2.04. The van der Waals surface area contributed by atoms with Crippen molar-refractivity contribution in [1.82, 2.24) is 4.98 Å². The summed E-state index contributed by atoms with van der Waals surface area (Å²) < 4.78 is 4.83. The first kappa shape index (κ1) is 6.56. The van der Waals surface area contributed by atoms with Crippen molar-refractivity contribution in [2.75, 3.05) is 7.11 Å². The van der Waals surface area contributed by atoms with Gasteiger partial charge in [0.2, 0.25) is 0 Å². The molecule has 10 heavy (non-hydrogen) atoms. The van der Waals surface area contributed by atoms with Crippen molar-refractivity contribution in [3.05, 3.63) is 24.0 Å². The van der Waals surface area contributed by atoms with Crippen LogP contribution in [-0.2, 0) is 0 Å². The molecule has 0 saturated heterocycles. The van der Waals surface area contributed by atoms with Crippen LogP contribution in [0.1, 0.15) is 5.69 Å². The van der Waals surface area contributed by atoms with E-state index in [4.69, 9.17) is 10.00 Å². The predicted octanol–water partition coefficient (Wildman–Crippen LogP) is 0.762. The number of pyridine rings is 1. The Morgan fingerprint density at radius 2 is 2.60 bits per heavy atom. The van der Waals surface area contributed by atoms with Gasteiger partial charge in [0.25, 0.3) is 0 Å². The maximum absolute atomic E-state index is 8.44. The number of rotatable bonds is 1. The van der Waals surface area contributed by atoms with E-state index in [1.807, 2.05) is 6.07 Å². The molecule has 3 nitrogen and oxygen atoms in total. The molecule has 0 aliphatic heterocycles. The standard InChI is InChI=1S/C7H5N2O/c1-10-7-3-2-4-9-6(7)5-8/h2-3H,1H3. The van der Waals surface area contributed by atoms with Crippen LogP contribution in [0.2, 0.25) is 0 Å². The Hall–Kier alpha value is -1.56. The van der Waals surface area contributed by atoms with Gasteiger partial charge >= 0.3 is 0 Å². The first-order valence-corrected chi connectivity index (χ1v) is 2.69. The molecule has 1 aromatic rings. The van der Waals surface area contributed by atoms with Gasteiger partial charge in [0.1, 0.15) is 6.07 Å². The van der Waals surface area contributed by atoms with Gasteiger partial charge in [0.05, 0.1) is 13.3 Å². The second-order valence-electron chi connectivity index (χ2n) is 1.60.